The van der Waals surface area contributed by atoms with E-state index in [1.165, 1.54) is 6.33 Å². The van der Waals surface area contributed by atoms with Crippen molar-refractivity contribution in [2.75, 3.05) is 20.2 Å². The van der Waals surface area contributed by atoms with Crippen molar-refractivity contribution in [1.82, 2.24) is 19.7 Å². The lowest BCUT2D eigenvalue weighted by atomic mass is 9.95. The number of carbonyl (C=O) groups excluding carboxylic acids is 1. The lowest BCUT2D eigenvalue weighted by molar-refractivity contribution is -0.130. The molecule has 2 heterocycles. The summed E-state index contributed by atoms with van der Waals surface area (Å²) < 4.78 is 7.02. The quantitative estimate of drug-likeness (QED) is 0.855. The van der Waals surface area contributed by atoms with E-state index >= 15 is 0 Å². The number of amides is 1. The Kier molecular flexibility index (Phi) is 5.10. The predicted molar refractivity (Wildman–Crippen MR) is 89.5 cm³/mol. The standard InChI is InChI=1S/C17H23N5O2/c1-24-14-5-2-4-13(8-14)15-9-21(10-16(15)18)17(23)6-3-7-22-12-19-11-20-22/h2,4-5,8,11-12,15-16H,3,6-7,9-10,18H2,1H3/t15-,16+/m0/s1. The molecular weight excluding hydrogens is 306 g/mol. The molecule has 2 atom stereocenters. The number of nitrogens with zero attached hydrogens (tertiary/aromatic N) is 4. The monoisotopic (exact) mass is 329 g/mol. The molecule has 0 aliphatic carbocycles. The predicted octanol–water partition coefficient (Wildman–Crippen LogP) is 1.02. The molecule has 0 saturated carbocycles. The van der Waals surface area contributed by atoms with Gasteiger partial charge in [0.25, 0.3) is 0 Å². The average molecular weight is 329 g/mol. The highest BCUT2D eigenvalue weighted by Gasteiger charge is 2.33. The molecule has 1 fully saturated rings. The second-order valence-electron chi connectivity index (χ2n) is 6.11. The first-order chi connectivity index (χ1) is 11.7. The van der Waals surface area contributed by atoms with Crippen LogP contribution in [-0.4, -0.2) is 51.8 Å². The number of hydrogen-bond donors (Lipinski definition) is 1. The minimum absolute atomic E-state index is 0.0450. The Bertz CT molecular complexity index is 673. The molecule has 1 aromatic carbocycles. The largest absolute Gasteiger partial charge is 0.497 e. The van der Waals surface area contributed by atoms with Gasteiger partial charge in [0.2, 0.25) is 5.91 Å². The Labute approximate surface area is 141 Å². The van der Waals surface area contributed by atoms with Crippen LogP contribution in [0.15, 0.2) is 36.9 Å². The number of methoxy groups -OCH3 is 1. The summed E-state index contributed by atoms with van der Waals surface area (Å²) in [6.45, 7) is 1.96. The molecule has 3 rings (SSSR count). The first kappa shape index (κ1) is 16.4. The van der Waals surface area contributed by atoms with Gasteiger partial charge in [-0.2, -0.15) is 5.10 Å². The molecule has 0 unspecified atom stereocenters. The molecular formula is C17H23N5O2. The molecule has 1 saturated heterocycles. The molecule has 2 aromatic rings. The third-order valence-corrected chi connectivity index (χ3v) is 4.48. The van der Waals surface area contributed by atoms with Gasteiger partial charge < -0.3 is 15.4 Å². The van der Waals surface area contributed by atoms with Gasteiger partial charge in [-0.15, -0.1) is 0 Å². The van der Waals surface area contributed by atoms with Crippen molar-refractivity contribution >= 4 is 5.91 Å². The lowest BCUT2D eigenvalue weighted by Gasteiger charge is -2.17. The molecule has 1 amide bonds. The van der Waals surface area contributed by atoms with Crippen LogP contribution in [0.25, 0.3) is 0 Å². The van der Waals surface area contributed by atoms with Gasteiger partial charge in [-0.05, 0) is 24.1 Å². The summed E-state index contributed by atoms with van der Waals surface area (Å²) in [6.07, 6.45) is 4.41. The van der Waals surface area contributed by atoms with E-state index in [4.69, 9.17) is 10.5 Å². The van der Waals surface area contributed by atoms with E-state index in [-0.39, 0.29) is 17.9 Å². The van der Waals surface area contributed by atoms with Gasteiger partial charge in [0.15, 0.2) is 0 Å². The van der Waals surface area contributed by atoms with Crippen molar-refractivity contribution in [1.29, 1.82) is 0 Å². The topological polar surface area (TPSA) is 86.3 Å². The zero-order valence-corrected chi connectivity index (χ0v) is 13.8. The molecule has 24 heavy (non-hydrogen) atoms. The van der Waals surface area contributed by atoms with Crippen LogP contribution in [0.3, 0.4) is 0 Å². The van der Waals surface area contributed by atoms with E-state index in [2.05, 4.69) is 10.1 Å². The van der Waals surface area contributed by atoms with Crippen LogP contribution in [0, 0.1) is 0 Å². The van der Waals surface area contributed by atoms with Crippen LogP contribution in [0.1, 0.15) is 24.3 Å². The van der Waals surface area contributed by atoms with Crippen molar-refractivity contribution in [2.24, 2.45) is 5.73 Å². The van der Waals surface area contributed by atoms with Crippen LogP contribution in [-0.2, 0) is 11.3 Å². The maximum atomic E-state index is 12.4. The highest BCUT2D eigenvalue weighted by atomic mass is 16.5. The normalized spacial score (nSPS) is 20.3. The van der Waals surface area contributed by atoms with Crippen molar-refractivity contribution in [3.8, 4) is 5.75 Å². The number of aromatic nitrogens is 3. The van der Waals surface area contributed by atoms with Gasteiger partial charge in [0.05, 0.1) is 7.11 Å². The number of carbonyl (C=O) groups is 1. The number of hydrogen-bond acceptors (Lipinski definition) is 5. The van der Waals surface area contributed by atoms with Crippen LogP contribution < -0.4 is 10.5 Å². The SMILES string of the molecule is COc1cccc([C@@H]2CN(C(=O)CCCn3cncn3)C[C@H]2N)c1. The third-order valence-electron chi connectivity index (χ3n) is 4.48. The Balaban J connectivity index is 1.55. The van der Waals surface area contributed by atoms with Gasteiger partial charge in [-0.1, -0.05) is 12.1 Å². The van der Waals surface area contributed by atoms with Crippen LogP contribution in [0.5, 0.6) is 5.75 Å². The van der Waals surface area contributed by atoms with E-state index < -0.39 is 0 Å². The number of nitrogens with two attached hydrogens (primary N) is 1. The van der Waals surface area contributed by atoms with E-state index in [1.54, 1.807) is 18.1 Å². The molecule has 1 aromatic heterocycles. The number of benzene rings is 1. The van der Waals surface area contributed by atoms with Crippen LogP contribution >= 0.6 is 0 Å². The first-order valence-electron chi connectivity index (χ1n) is 8.17. The lowest BCUT2D eigenvalue weighted by Crippen LogP contribution is -2.32. The summed E-state index contributed by atoms with van der Waals surface area (Å²) in [6, 6.07) is 7.88. The van der Waals surface area contributed by atoms with Crippen LogP contribution in [0.2, 0.25) is 0 Å². The maximum Gasteiger partial charge on any atom is 0.222 e. The summed E-state index contributed by atoms with van der Waals surface area (Å²) in [7, 11) is 1.65. The van der Waals surface area contributed by atoms with Crippen molar-refractivity contribution < 1.29 is 9.53 Å². The molecule has 1 aliphatic heterocycles. The summed E-state index contributed by atoms with van der Waals surface area (Å²) in [4.78, 5) is 18.2. The number of ether oxygens (including phenoxy) is 1. The molecule has 1 aliphatic rings. The van der Waals surface area contributed by atoms with Gasteiger partial charge in [-0.25, -0.2) is 4.98 Å². The third kappa shape index (κ3) is 3.73. The van der Waals surface area contributed by atoms with Crippen LogP contribution in [0.4, 0.5) is 0 Å². The molecule has 7 heteroatoms. The Morgan fingerprint density at radius 2 is 2.29 bits per heavy atom. The van der Waals surface area contributed by atoms with E-state index in [1.807, 2.05) is 29.2 Å². The Morgan fingerprint density at radius 3 is 3.04 bits per heavy atom. The molecule has 0 bridgehead atoms. The average Bonchev–Trinajstić information content (AvgIpc) is 3.24. The van der Waals surface area contributed by atoms with Gasteiger partial charge in [-0.3, -0.25) is 9.48 Å². The fraction of sp³-hybridized carbons (Fsp3) is 0.471. The highest BCUT2D eigenvalue weighted by molar-refractivity contribution is 5.76. The molecule has 128 valence electrons. The van der Waals surface area contributed by atoms with Gasteiger partial charge in [0.1, 0.15) is 18.4 Å². The maximum absolute atomic E-state index is 12.4. The minimum Gasteiger partial charge on any atom is -0.497 e. The van der Waals surface area contributed by atoms with Crippen molar-refractivity contribution in [2.45, 2.75) is 31.3 Å². The fourth-order valence-corrected chi connectivity index (χ4v) is 3.16. The van der Waals surface area contributed by atoms with E-state index in [0.29, 0.717) is 26.1 Å². The molecule has 2 N–H and O–H groups in total. The number of aryl methyl sites for hydroxylation is 1. The van der Waals surface area contributed by atoms with Crippen molar-refractivity contribution in [3.63, 3.8) is 0 Å². The van der Waals surface area contributed by atoms with E-state index in [9.17, 15) is 4.79 Å². The zero-order valence-electron chi connectivity index (χ0n) is 13.8. The van der Waals surface area contributed by atoms with Crippen molar-refractivity contribution in [3.05, 3.63) is 42.5 Å². The van der Waals surface area contributed by atoms with Gasteiger partial charge in [0, 0.05) is 38.0 Å². The van der Waals surface area contributed by atoms with E-state index in [0.717, 1.165) is 17.7 Å². The molecule has 7 nitrogen and oxygen atoms in total. The number of likely N-dealkylation sites (tertiary alicyclic amines) is 1. The number of rotatable bonds is 6. The highest BCUT2D eigenvalue weighted by Crippen LogP contribution is 2.29. The second kappa shape index (κ2) is 7.44. The first-order valence-corrected chi connectivity index (χ1v) is 8.17. The smallest absolute Gasteiger partial charge is 0.222 e. The Morgan fingerprint density at radius 1 is 1.42 bits per heavy atom. The summed E-state index contributed by atoms with van der Waals surface area (Å²) in [5.74, 6) is 1.12. The fourth-order valence-electron chi connectivity index (χ4n) is 3.16. The Hall–Kier alpha value is -2.41. The summed E-state index contributed by atoms with van der Waals surface area (Å²) >= 11 is 0. The molecule has 0 spiro atoms. The zero-order chi connectivity index (χ0) is 16.9. The second-order valence-corrected chi connectivity index (χ2v) is 6.11. The minimum atomic E-state index is -0.0450. The molecule has 0 radical (unpaired) electrons. The van der Waals surface area contributed by atoms with Gasteiger partial charge >= 0.3 is 0 Å². The summed E-state index contributed by atoms with van der Waals surface area (Å²) in [5.41, 5.74) is 7.40. The summed E-state index contributed by atoms with van der Waals surface area (Å²) in [5, 5.41) is 4.04.